The minimum Gasteiger partial charge on any atom is -1.00 e. The Morgan fingerprint density at radius 3 is 2.48 bits per heavy atom. The molecule has 301 valence electrons. The molecule has 1 aliphatic carbocycles. The van der Waals surface area contributed by atoms with Gasteiger partial charge in [0, 0.05) is 62.5 Å². The second kappa shape index (κ2) is 25.5. The van der Waals surface area contributed by atoms with Crippen LogP contribution in [0.2, 0.25) is 0 Å². The van der Waals surface area contributed by atoms with Crippen molar-refractivity contribution in [1.29, 1.82) is 5.26 Å². The molecule has 9 nitrogen and oxygen atoms in total. The van der Waals surface area contributed by atoms with Crippen molar-refractivity contribution in [1.82, 2.24) is 4.90 Å². The van der Waals surface area contributed by atoms with E-state index in [0.717, 1.165) is 28.7 Å². The van der Waals surface area contributed by atoms with Crippen molar-refractivity contribution in [2.75, 3.05) is 41.0 Å². The zero-order valence-electron chi connectivity index (χ0n) is 36.5. The molecule has 5 rings (SSSR count). The first kappa shape index (κ1) is 58.3. The van der Waals surface area contributed by atoms with E-state index in [1.165, 1.54) is 20.6 Å². The summed E-state index contributed by atoms with van der Waals surface area (Å²) in [6, 6.07) is 20.5. The van der Waals surface area contributed by atoms with Crippen LogP contribution in [0.4, 0.5) is 0 Å². The molecule has 1 saturated carbocycles. The smallest absolute Gasteiger partial charge is 1.00 e. The summed E-state index contributed by atoms with van der Waals surface area (Å²) in [5, 5.41) is 34.0. The van der Waals surface area contributed by atoms with E-state index in [4.69, 9.17) is 19.2 Å². The molecular weight excluding hydrogens is 1050 g/mol. The zero-order chi connectivity index (χ0) is 38.4. The number of aliphatic hydroxyl groups is 2. The third-order valence-electron chi connectivity index (χ3n) is 11.3. The first-order valence-electron chi connectivity index (χ1n) is 18.2. The van der Waals surface area contributed by atoms with Gasteiger partial charge in [-0.3, -0.25) is 21.3 Å². The summed E-state index contributed by atoms with van der Waals surface area (Å²) in [4.78, 5) is 26.8. The van der Waals surface area contributed by atoms with E-state index in [2.05, 4.69) is 56.0 Å². The van der Waals surface area contributed by atoms with Gasteiger partial charge in [-0.05, 0) is 30.9 Å². The van der Waals surface area contributed by atoms with E-state index in [1.54, 1.807) is 25.3 Å². The third-order valence-corrected chi connectivity index (χ3v) is 11.3. The standard InChI is InChI=1S/C44H51N2O7.CH3.Ac.2Na.Nb.H/c1-8-20-41(10-3)28-42(11-4,29-44(49,39(41)47)40(48)51-6)35-17-18-38(50-5)36(23-35)43(30-53-52-7)24-31-22-32(9-2)37(26-45)46(27-31)21-19-34(25-43)33-15-13-12-14-16-33;;;;;;/h8,12-15,18,20,22-23,28-29,31,37,39,47,49H,1,4,9-11,19,21,24,27,30H2,2-3,5-7H3;1H3;;;;;/q-7;-1;;2*+1;+3;-1/b20-8-;;;;;;/t31-,37?,39?,41-,42-,43+,44?;;;;;;/m1....../s1. The van der Waals surface area contributed by atoms with Crippen molar-refractivity contribution >= 4 is 11.5 Å². The molecule has 2 bridgehead atoms. The number of esters is 1. The Morgan fingerprint density at radius 1 is 1.21 bits per heavy atom. The number of hydrogen-bond acceptors (Lipinski definition) is 9. The number of benzene rings is 2. The van der Waals surface area contributed by atoms with E-state index in [0.29, 0.717) is 43.7 Å². The summed E-state index contributed by atoms with van der Waals surface area (Å²) in [5.41, 5.74) is -1.62. The molecule has 58 heavy (non-hydrogen) atoms. The number of nitrogens with zero attached hydrogens (tertiary/aromatic N) is 2. The molecular formula is C45H55AcN2Na2NbO7-4. The minimum absolute atomic E-state index is 0. The predicted molar refractivity (Wildman–Crippen MR) is 208 cm³/mol. The molecule has 2 aromatic carbocycles. The van der Waals surface area contributed by atoms with Gasteiger partial charge in [-0.2, -0.15) is 34.9 Å². The largest absolute Gasteiger partial charge is 3.00 e. The molecule has 2 aromatic rings. The maximum Gasteiger partial charge on any atom is 3.00 e. The van der Waals surface area contributed by atoms with Crippen molar-refractivity contribution in [2.45, 2.75) is 74.5 Å². The number of aliphatic hydroxyl groups excluding tert-OH is 1. The summed E-state index contributed by atoms with van der Waals surface area (Å²) in [6.45, 7) is 13.5. The fourth-order valence-corrected chi connectivity index (χ4v) is 8.62. The minimum atomic E-state index is -2.40. The predicted octanol–water partition coefficient (Wildman–Crippen LogP) is 0.457. The molecule has 2 heterocycles. The Bertz CT molecular complexity index is 1770. The van der Waals surface area contributed by atoms with Crippen LogP contribution >= 0.6 is 0 Å². The second-order valence-corrected chi connectivity index (χ2v) is 14.2. The molecule has 2 N–H and O–H groups in total. The zero-order valence-corrected chi connectivity index (χ0v) is 46.5. The number of fused-ring (bicyclic) bond motifs is 2. The fourth-order valence-electron chi connectivity index (χ4n) is 8.62. The third kappa shape index (κ3) is 11.7. The average molecular weight is 1100 g/mol. The van der Waals surface area contributed by atoms with Gasteiger partial charge in [-0.1, -0.05) is 38.2 Å². The molecule has 4 unspecified atom stereocenters. The maximum absolute atomic E-state index is 13.4. The maximum atomic E-state index is 13.4. The van der Waals surface area contributed by atoms with Gasteiger partial charge in [0.2, 0.25) is 0 Å². The van der Waals surface area contributed by atoms with Crippen molar-refractivity contribution in [3.8, 4) is 11.8 Å². The van der Waals surface area contributed by atoms with E-state index in [9.17, 15) is 20.3 Å². The molecule has 0 spiro atoms. The summed E-state index contributed by atoms with van der Waals surface area (Å²) in [7, 11) is 4.25. The summed E-state index contributed by atoms with van der Waals surface area (Å²) < 4.78 is 11.2. The molecule has 3 aliphatic rings. The first-order chi connectivity index (χ1) is 25.5. The Hall–Kier alpha value is 0.272. The Morgan fingerprint density at radius 2 is 1.93 bits per heavy atom. The number of allylic oxidation sites excluding steroid dienone is 1. The quantitative estimate of drug-likeness (QED) is 0.0781. The molecule has 8 atom stereocenters. The van der Waals surface area contributed by atoms with Crippen LogP contribution in [0.15, 0.2) is 60.2 Å². The number of carbonyl (C=O) groups excluding carboxylic acids is 1. The van der Waals surface area contributed by atoms with Crippen LogP contribution < -0.4 is 63.9 Å². The van der Waals surface area contributed by atoms with Gasteiger partial charge in [0.05, 0.1) is 39.6 Å². The van der Waals surface area contributed by atoms with Crippen LogP contribution in [0.25, 0.3) is 5.57 Å². The Balaban J connectivity index is 0. The van der Waals surface area contributed by atoms with Crippen LogP contribution in [0.1, 0.15) is 64.1 Å². The van der Waals surface area contributed by atoms with Crippen LogP contribution in [0.5, 0.6) is 5.75 Å². The number of hydrogen-bond donors (Lipinski definition) is 2. The first-order valence-corrected chi connectivity index (χ1v) is 18.2. The van der Waals surface area contributed by atoms with Crippen LogP contribution in [-0.2, 0) is 52.5 Å². The molecule has 1 radical (unpaired) electrons. The summed E-state index contributed by atoms with van der Waals surface area (Å²) in [5.74, 6) is -0.461. The molecule has 0 aromatic heterocycles. The molecule has 2 aliphatic heterocycles. The Kier molecular flexibility index (Phi) is 25.7. The number of rotatable bonds is 12. The fraction of sp³-hybridized carbons (Fsp3) is 0.444. The van der Waals surface area contributed by atoms with Gasteiger partial charge < -0.3 is 65.4 Å². The summed E-state index contributed by atoms with van der Waals surface area (Å²) >= 11 is 0. The normalized spacial score (nSPS) is 30.3. The van der Waals surface area contributed by atoms with Gasteiger partial charge in [-0.25, -0.2) is 46.9 Å². The average Bonchev–Trinajstić information content (AvgIpc) is 3.25. The van der Waals surface area contributed by atoms with Crippen molar-refractivity contribution in [2.24, 2.45) is 11.3 Å². The molecule has 0 amide bonds. The number of nitriles is 1. The second-order valence-electron chi connectivity index (χ2n) is 14.2. The number of methoxy groups -OCH3 is 2. The van der Waals surface area contributed by atoms with Gasteiger partial charge in [-0.15, -0.1) is 17.7 Å². The Labute approximate surface area is 445 Å². The number of ether oxygens (including phenoxy) is 2. The van der Waals surface area contributed by atoms with Crippen molar-refractivity contribution < 1.29 is 161 Å². The van der Waals surface area contributed by atoms with Crippen molar-refractivity contribution in [3.63, 3.8) is 0 Å². The van der Waals surface area contributed by atoms with Gasteiger partial charge >= 0.3 is 87.5 Å². The van der Waals surface area contributed by atoms with Gasteiger partial charge in [0.15, 0.2) is 0 Å². The molecule has 0 saturated heterocycles. The molecule has 1 fully saturated rings. The van der Waals surface area contributed by atoms with Gasteiger partial charge in [0.25, 0.3) is 0 Å². The van der Waals surface area contributed by atoms with Crippen molar-refractivity contribution in [3.05, 3.63) is 129 Å². The van der Waals surface area contributed by atoms with E-state index >= 15 is 0 Å². The number of carbonyl (C=O) groups is 1. The van der Waals surface area contributed by atoms with Gasteiger partial charge in [0.1, 0.15) is 6.04 Å². The van der Waals surface area contributed by atoms with E-state index in [-0.39, 0.29) is 159 Å². The monoisotopic (exact) mass is 1100 g/mol. The van der Waals surface area contributed by atoms with Crippen LogP contribution in [0, 0.1) is 119 Å². The SMILES string of the molecule is [Ac].[CH2-]/C=C\[C@]1(CC)[CH-][C@@](C[CH2-])(c2[c-]cc(OC)c([C@]3(COOC)[C-]=C(c4[c-]cccc4)CCN4C[C@H](C=C(CC)C4C#N)C3)c2)[CH-]C(O)(C(=O)OC)C1O.[CH3-].[H-].[Na+].[Na+].[Nb+3]. The van der Waals surface area contributed by atoms with E-state index in [1.807, 2.05) is 43.7 Å². The molecule has 13 heteroatoms. The topological polar surface area (TPSA) is 121 Å². The van der Waals surface area contributed by atoms with Crippen LogP contribution in [-0.4, -0.2) is 79.9 Å². The van der Waals surface area contributed by atoms with E-state index < -0.39 is 33.9 Å². The summed E-state index contributed by atoms with van der Waals surface area (Å²) in [6.07, 6.45) is 13.6. The van der Waals surface area contributed by atoms with Crippen LogP contribution in [0.3, 0.4) is 0 Å².